The molecule has 0 radical (unpaired) electrons. The van der Waals surface area contributed by atoms with Gasteiger partial charge >= 0.3 is 0 Å². The SMILES string of the molecule is N#Cc1cccc(Oc2cccc(F)c2CCl)c1. The second-order valence-corrected chi connectivity index (χ2v) is 3.86. The van der Waals surface area contributed by atoms with Gasteiger partial charge in [0, 0.05) is 5.56 Å². The van der Waals surface area contributed by atoms with Gasteiger partial charge in [0.25, 0.3) is 0 Å². The van der Waals surface area contributed by atoms with E-state index < -0.39 is 5.82 Å². The predicted octanol–water partition coefficient (Wildman–Crippen LogP) is 4.23. The van der Waals surface area contributed by atoms with E-state index in [-0.39, 0.29) is 5.88 Å². The predicted molar refractivity (Wildman–Crippen MR) is 67.2 cm³/mol. The summed E-state index contributed by atoms with van der Waals surface area (Å²) in [5, 5.41) is 8.79. The first-order chi connectivity index (χ1) is 8.74. The van der Waals surface area contributed by atoms with Crippen LogP contribution in [-0.2, 0) is 5.88 Å². The summed E-state index contributed by atoms with van der Waals surface area (Å²) < 4.78 is 19.0. The molecular formula is C14H9ClFNO. The second kappa shape index (κ2) is 5.52. The van der Waals surface area contributed by atoms with Crippen LogP contribution in [0.25, 0.3) is 0 Å². The summed E-state index contributed by atoms with van der Waals surface area (Å²) in [4.78, 5) is 0. The first kappa shape index (κ1) is 12.4. The summed E-state index contributed by atoms with van der Waals surface area (Å²) in [6.45, 7) is 0. The Hall–Kier alpha value is -2.05. The van der Waals surface area contributed by atoms with Crippen LogP contribution in [0.2, 0.25) is 0 Å². The van der Waals surface area contributed by atoms with Gasteiger partial charge in [-0.15, -0.1) is 11.6 Å². The lowest BCUT2D eigenvalue weighted by Gasteiger charge is -2.10. The van der Waals surface area contributed by atoms with Gasteiger partial charge in [0.2, 0.25) is 0 Å². The van der Waals surface area contributed by atoms with E-state index in [1.165, 1.54) is 6.07 Å². The fourth-order valence-corrected chi connectivity index (χ4v) is 1.78. The van der Waals surface area contributed by atoms with Crippen LogP contribution >= 0.6 is 11.6 Å². The van der Waals surface area contributed by atoms with Crippen molar-refractivity contribution in [3.63, 3.8) is 0 Å². The van der Waals surface area contributed by atoms with Gasteiger partial charge in [-0.3, -0.25) is 0 Å². The van der Waals surface area contributed by atoms with E-state index in [1.807, 2.05) is 6.07 Å². The van der Waals surface area contributed by atoms with E-state index in [1.54, 1.807) is 36.4 Å². The molecule has 0 aliphatic carbocycles. The van der Waals surface area contributed by atoms with E-state index in [4.69, 9.17) is 21.6 Å². The van der Waals surface area contributed by atoms with Crippen LogP contribution < -0.4 is 4.74 Å². The number of hydrogen-bond donors (Lipinski definition) is 0. The molecule has 0 aromatic heterocycles. The molecule has 0 saturated heterocycles. The molecular weight excluding hydrogens is 253 g/mol. The summed E-state index contributed by atoms with van der Waals surface area (Å²) in [6, 6.07) is 13.2. The molecule has 0 spiro atoms. The number of halogens is 2. The molecule has 0 aliphatic heterocycles. The van der Waals surface area contributed by atoms with Gasteiger partial charge in [0.15, 0.2) is 0 Å². The highest BCUT2D eigenvalue weighted by atomic mass is 35.5. The topological polar surface area (TPSA) is 33.0 Å². The first-order valence-corrected chi connectivity index (χ1v) is 5.79. The van der Waals surface area contributed by atoms with Crippen molar-refractivity contribution in [3.05, 3.63) is 59.4 Å². The fraction of sp³-hybridized carbons (Fsp3) is 0.0714. The monoisotopic (exact) mass is 261 g/mol. The van der Waals surface area contributed by atoms with Crippen LogP contribution in [0.1, 0.15) is 11.1 Å². The highest BCUT2D eigenvalue weighted by molar-refractivity contribution is 6.17. The average Bonchev–Trinajstić information content (AvgIpc) is 2.39. The largest absolute Gasteiger partial charge is 0.457 e. The Labute approximate surface area is 109 Å². The third kappa shape index (κ3) is 2.61. The van der Waals surface area contributed by atoms with Crippen molar-refractivity contribution in [2.24, 2.45) is 0 Å². The summed E-state index contributed by atoms with van der Waals surface area (Å²) in [5.41, 5.74) is 0.790. The number of ether oxygens (including phenoxy) is 1. The molecule has 2 aromatic rings. The lowest BCUT2D eigenvalue weighted by Crippen LogP contribution is -1.93. The molecule has 0 saturated carbocycles. The van der Waals surface area contributed by atoms with Gasteiger partial charge in [0.1, 0.15) is 17.3 Å². The van der Waals surface area contributed by atoms with Gasteiger partial charge in [-0.05, 0) is 30.3 Å². The zero-order chi connectivity index (χ0) is 13.0. The minimum Gasteiger partial charge on any atom is -0.457 e. The molecule has 0 N–H and O–H groups in total. The quantitative estimate of drug-likeness (QED) is 0.775. The van der Waals surface area contributed by atoms with Crippen molar-refractivity contribution >= 4 is 11.6 Å². The van der Waals surface area contributed by atoms with Crippen molar-refractivity contribution in [2.45, 2.75) is 5.88 Å². The summed E-state index contributed by atoms with van der Waals surface area (Å²) in [7, 11) is 0. The van der Waals surface area contributed by atoms with Crippen molar-refractivity contribution in [1.29, 1.82) is 5.26 Å². The smallest absolute Gasteiger partial charge is 0.134 e. The number of alkyl halides is 1. The molecule has 0 fully saturated rings. The lowest BCUT2D eigenvalue weighted by atomic mass is 10.2. The zero-order valence-electron chi connectivity index (χ0n) is 9.36. The van der Waals surface area contributed by atoms with Crippen LogP contribution in [0.3, 0.4) is 0 Å². The van der Waals surface area contributed by atoms with E-state index >= 15 is 0 Å². The van der Waals surface area contributed by atoms with Gasteiger partial charge in [-0.2, -0.15) is 5.26 Å². The number of rotatable bonds is 3. The van der Waals surface area contributed by atoms with Crippen LogP contribution in [0, 0.1) is 17.1 Å². The Balaban J connectivity index is 2.34. The number of nitrogens with zero attached hydrogens (tertiary/aromatic N) is 1. The third-order valence-corrected chi connectivity index (χ3v) is 2.67. The van der Waals surface area contributed by atoms with Crippen LogP contribution in [0.15, 0.2) is 42.5 Å². The Morgan fingerprint density at radius 3 is 2.72 bits per heavy atom. The highest BCUT2D eigenvalue weighted by Crippen LogP contribution is 2.28. The summed E-state index contributed by atoms with van der Waals surface area (Å²) in [5.74, 6) is 0.463. The minimum atomic E-state index is -0.404. The number of benzene rings is 2. The zero-order valence-corrected chi connectivity index (χ0v) is 10.1. The maximum Gasteiger partial charge on any atom is 0.134 e. The molecule has 90 valence electrons. The molecule has 2 nitrogen and oxygen atoms in total. The lowest BCUT2D eigenvalue weighted by molar-refractivity contribution is 0.470. The molecule has 0 aliphatic rings. The maximum atomic E-state index is 13.5. The molecule has 2 aromatic carbocycles. The molecule has 0 atom stereocenters. The summed E-state index contributed by atoms with van der Waals surface area (Å²) >= 11 is 5.69. The van der Waals surface area contributed by atoms with Gasteiger partial charge in [-0.25, -0.2) is 4.39 Å². The Morgan fingerprint density at radius 1 is 1.22 bits per heavy atom. The number of nitriles is 1. The molecule has 0 bridgehead atoms. The normalized spacial score (nSPS) is 9.83. The van der Waals surface area contributed by atoms with Crippen molar-refractivity contribution in [1.82, 2.24) is 0 Å². The molecule has 4 heteroatoms. The molecule has 2 rings (SSSR count). The van der Waals surface area contributed by atoms with Gasteiger partial charge in [0.05, 0.1) is 17.5 Å². The summed E-state index contributed by atoms with van der Waals surface area (Å²) in [6.07, 6.45) is 0. The minimum absolute atomic E-state index is 0.0277. The van der Waals surface area contributed by atoms with Crippen molar-refractivity contribution < 1.29 is 9.13 Å². The van der Waals surface area contributed by atoms with E-state index in [0.717, 1.165) is 0 Å². The van der Waals surface area contributed by atoms with Gasteiger partial charge in [-0.1, -0.05) is 12.1 Å². The van der Waals surface area contributed by atoms with Crippen LogP contribution in [0.5, 0.6) is 11.5 Å². The van der Waals surface area contributed by atoms with Crippen LogP contribution in [0.4, 0.5) is 4.39 Å². The molecule has 0 unspecified atom stereocenters. The van der Waals surface area contributed by atoms with Crippen molar-refractivity contribution in [3.8, 4) is 17.6 Å². The Bertz CT molecular complexity index is 607. The molecule has 0 heterocycles. The van der Waals surface area contributed by atoms with Crippen LogP contribution in [-0.4, -0.2) is 0 Å². The third-order valence-electron chi connectivity index (χ3n) is 2.40. The van der Waals surface area contributed by atoms with E-state index in [9.17, 15) is 4.39 Å². The number of hydrogen-bond acceptors (Lipinski definition) is 2. The van der Waals surface area contributed by atoms with E-state index in [2.05, 4.69) is 0 Å². The molecule has 0 amide bonds. The van der Waals surface area contributed by atoms with Crippen molar-refractivity contribution in [2.75, 3.05) is 0 Å². The maximum absolute atomic E-state index is 13.5. The van der Waals surface area contributed by atoms with Gasteiger partial charge < -0.3 is 4.74 Å². The Morgan fingerprint density at radius 2 is 2.00 bits per heavy atom. The fourth-order valence-electron chi connectivity index (χ4n) is 1.52. The average molecular weight is 262 g/mol. The second-order valence-electron chi connectivity index (χ2n) is 3.59. The standard InChI is InChI=1S/C14H9ClFNO/c15-8-12-13(16)5-2-6-14(12)18-11-4-1-3-10(7-11)9-17/h1-7H,8H2. The highest BCUT2D eigenvalue weighted by Gasteiger charge is 2.09. The van der Waals surface area contributed by atoms with E-state index in [0.29, 0.717) is 22.6 Å². The Kier molecular flexibility index (Phi) is 3.81. The molecule has 18 heavy (non-hydrogen) atoms. The first-order valence-electron chi connectivity index (χ1n) is 5.26.